The maximum Gasteiger partial charge on any atom is 0.165 e. The van der Waals surface area contributed by atoms with Crippen molar-refractivity contribution in [2.24, 2.45) is 11.7 Å². The molecule has 4 heteroatoms. The molecule has 17 heavy (non-hydrogen) atoms. The van der Waals surface area contributed by atoms with Gasteiger partial charge in [-0.15, -0.1) is 0 Å². The second-order valence-electron chi connectivity index (χ2n) is 4.52. The minimum Gasteiger partial charge on any atom is -0.494 e. The van der Waals surface area contributed by atoms with Gasteiger partial charge in [-0.3, -0.25) is 0 Å². The van der Waals surface area contributed by atoms with Crippen LogP contribution in [0, 0.1) is 11.7 Å². The Bertz CT molecular complexity index is 368. The molecule has 0 heterocycles. The van der Waals surface area contributed by atoms with E-state index in [0.29, 0.717) is 6.54 Å². The van der Waals surface area contributed by atoms with Gasteiger partial charge in [0, 0.05) is 6.04 Å². The average Bonchev–Trinajstić information content (AvgIpc) is 2.28. The summed E-state index contributed by atoms with van der Waals surface area (Å²) < 4.78 is 18.6. The average molecular weight is 240 g/mol. The van der Waals surface area contributed by atoms with E-state index < -0.39 is 0 Å². The van der Waals surface area contributed by atoms with Gasteiger partial charge in [0.05, 0.1) is 7.11 Å². The minimum absolute atomic E-state index is 0.111. The lowest BCUT2D eigenvalue weighted by Crippen LogP contribution is -2.30. The number of rotatable bonds is 5. The molecule has 1 aromatic rings. The molecule has 0 bridgehead atoms. The molecule has 2 N–H and O–H groups in total. The summed E-state index contributed by atoms with van der Waals surface area (Å²) >= 11 is 0. The quantitative estimate of drug-likeness (QED) is 0.856. The summed E-state index contributed by atoms with van der Waals surface area (Å²) in [6.45, 7) is 2.63. The van der Waals surface area contributed by atoms with E-state index in [1.54, 1.807) is 6.07 Å². The molecule has 0 aliphatic rings. The number of methoxy groups -OCH3 is 1. The Hall–Kier alpha value is -1.13. The van der Waals surface area contributed by atoms with Gasteiger partial charge in [-0.25, -0.2) is 4.39 Å². The molecule has 0 saturated heterocycles. The van der Waals surface area contributed by atoms with Crippen LogP contribution in [-0.4, -0.2) is 32.6 Å². The van der Waals surface area contributed by atoms with Crippen LogP contribution in [-0.2, 0) is 0 Å². The van der Waals surface area contributed by atoms with E-state index in [9.17, 15) is 4.39 Å². The number of hydrogen-bond donors (Lipinski definition) is 1. The summed E-state index contributed by atoms with van der Waals surface area (Å²) in [6.07, 6.45) is 0. The molecule has 2 unspecified atom stereocenters. The third kappa shape index (κ3) is 3.17. The standard InChI is InChI=1S/C13H21FN2O/c1-9(8-15)13(16(2)3)10-5-6-12(17-4)11(14)7-10/h5-7,9,13H,8,15H2,1-4H3. The third-order valence-electron chi connectivity index (χ3n) is 2.98. The van der Waals surface area contributed by atoms with E-state index in [0.717, 1.165) is 5.56 Å². The molecular weight excluding hydrogens is 219 g/mol. The topological polar surface area (TPSA) is 38.5 Å². The summed E-state index contributed by atoms with van der Waals surface area (Å²) in [6, 6.07) is 5.18. The van der Waals surface area contributed by atoms with Gasteiger partial charge in [-0.1, -0.05) is 13.0 Å². The van der Waals surface area contributed by atoms with Crippen LogP contribution in [0.5, 0.6) is 5.75 Å². The normalized spacial score (nSPS) is 14.8. The van der Waals surface area contributed by atoms with Crippen LogP contribution in [0.1, 0.15) is 18.5 Å². The molecule has 96 valence electrons. The third-order valence-corrected chi connectivity index (χ3v) is 2.98. The fourth-order valence-electron chi connectivity index (χ4n) is 2.13. The lowest BCUT2D eigenvalue weighted by atomic mass is 9.93. The zero-order chi connectivity index (χ0) is 13.0. The molecule has 0 saturated carbocycles. The van der Waals surface area contributed by atoms with Gasteiger partial charge < -0.3 is 15.4 Å². The number of halogens is 1. The zero-order valence-corrected chi connectivity index (χ0v) is 10.9. The Morgan fingerprint density at radius 2 is 2.06 bits per heavy atom. The lowest BCUT2D eigenvalue weighted by Gasteiger charge is -2.30. The summed E-state index contributed by atoms with van der Waals surface area (Å²) in [4.78, 5) is 2.05. The maximum absolute atomic E-state index is 13.7. The van der Waals surface area contributed by atoms with Gasteiger partial charge in [0.1, 0.15) is 0 Å². The highest BCUT2D eigenvalue weighted by Crippen LogP contribution is 2.29. The van der Waals surface area contributed by atoms with E-state index in [1.807, 2.05) is 20.2 Å². The van der Waals surface area contributed by atoms with E-state index in [1.165, 1.54) is 13.2 Å². The molecule has 0 aliphatic carbocycles. The van der Waals surface area contributed by atoms with Crippen LogP contribution in [0.3, 0.4) is 0 Å². The fourth-order valence-corrected chi connectivity index (χ4v) is 2.13. The van der Waals surface area contributed by atoms with E-state index in [4.69, 9.17) is 10.5 Å². The van der Waals surface area contributed by atoms with Crippen molar-refractivity contribution in [1.82, 2.24) is 4.90 Å². The van der Waals surface area contributed by atoms with Crippen molar-refractivity contribution in [2.75, 3.05) is 27.7 Å². The molecule has 2 atom stereocenters. The predicted octanol–water partition coefficient (Wildman–Crippen LogP) is 2.03. The summed E-state index contributed by atoms with van der Waals surface area (Å²) in [7, 11) is 5.40. The predicted molar refractivity (Wildman–Crippen MR) is 67.6 cm³/mol. The molecule has 1 aromatic carbocycles. The summed E-state index contributed by atoms with van der Waals surface area (Å²) in [5.41, 5.74) is 6.62. The fraction of sp³-hybridized carbons (Fsp3) is 0.538. The number of nitrogens with two attached hydrogens (primary N) is 1. The molecule has 0 aliphatic heterocycles. The lowest BCUT2D eigenvalue weighted by molar-refractivity contribution is 0.226. The van der Waals surface area contributed by atoms with Gasteiger partial charge >= 0.3 is 0 Å². The summed E-state index contributed by atoms with van der Waals surface area (Å²) in [5, 5.41) is 0. The first-order valence-corrected chi connectivity index (χ1v) is 5.71. The number of nitrogens with zero attached hydrogens (tertiary/aromatic N) is 1. The number of hydrogen-bond acceptors (Lipinski definition) is 3. The SMILES string of the molecule is COc1ccc(C(C(C)CN)N(C)C)cc1F. The molecular formula is C13H21FN2O. The highest BCUT2D eigenvalue weighted by atomic mass is 19.1. The number of ether oxygens (including phenoxy) is 1. The Kier molecular flexibility index (Phi) is 4.90. The van der Waals surface area contributed by atoms with Crippen LogP contribution in [0.4, 0.5) is 4.39 Å². The van der Waals surface area contributed by atoms with E-state index >= 15 is 0 Å². The molecule has 1 rings (SSSR count). The van der Waals surface area contributed by atoms with Crippen molar-refractivity contribution in [2.45, 2.75) is 13.0 Å². The molecule has 0 aromatic heterocycles. The first kappa shape index (κ1) is 13.9. The Morgan fingerprint density at radius 1 is 1.41 bits per heavy atom. The van der Waals surface area contributed by atoms with Crippen LogP contribution in [0.25, 0.3) is 0 Å². The largest absolute Gasteiger partial charge is 0.494 e. The van der Waals surface area contributed by atoms with Crippen molar-refractivity contribution in [3.8, 4) is 5.75 Å². The summed E-state index contributed by atoms with van der Waals surface area (Å²) in [5.74, 6) is 0.200. The molecule has 0 radical (unpaired) electrons. The molecule has 0 amide bonds. The van der Waals surface area contributed by atoms with Crippen molar-refractivity contribution >= 4 is 0 Å². The second kappa shape index (κ2) is 5.98. The molecule has 0 fully saturated rings. The van der Waals surface area contributed by atoms with Gasteiger partial charge in [-0.05, 0) is 44.3 Å². The van der Waals surface area contributed by atoms with Crippen LogP contribution in [0.15, 0.2) is 18.2 Å². The Morgan fingerprint density at radius 3 is 2.47 bits per heavy atom. The number of benzene rings is 1. The van der Waals surface area contributed by atoms with Crippen LogP contribution < -0.4 is 10.5 Å². The molecule has 3 nitrogen and oxygen atoms in total. The highest BCUT2D eigenvalue weighted by molar-refractivity contribution is 5.31. The van der Waals surface area contributed by atoms with E-state index in [2.05, 4.69) is 11.8 Å². The van der Waals surface area contributed by atoms with Gasteiger partial charge in [-0.2, -0.15) is 0 Å². The first-order valence-electron chi connectivity index (χ1n) is 5.71. The molecule has 0 spiro atoms. The maximum atomic E-state index is 13.7. The van der Waals surface area contributed by atoms with Gasteiger partial charge in [0.25, 0.3) is 0 Å². The monoisotopic (exact) mass is 240 g/mol. The first-order chi connectivity index (χ1) is 8.01. The minimum atomic E-state index is -0.332. The van der Waals surface area contributed by atoms with Crippen LogP contribution >= 0.6 is 0 Å². The smallest absolute Gasteiger partial charge is 0.165 e. The zero-order valence-electron chi connectivity index (χ0n) is 10.9. The van der Waals surface area contributed by atoms with Gasteiger partial charge in [0.2, 0.25) is 0 Å². The Balaban J connectivity index is 3.07. The second-order valence-corrected chi connectivity index (χ2v) is 4.52. The highest BCUT2D eigenvalue weighted by Gasteiger charge is 2.21. The van der Waals surface area contributed by atoms with Crippen molar-refractivity contribution in [3.63, 3.8) is 0 Å². The van der Waals surface area contributed by atoms with Crippen molar-refractivity contribution < 1.29 is 9.13 Å². The van der Waals surface area contributed by atoms with Gasteiger partial charge in [0.15, 0.2) is 11.6 Å². The van der Waals surface area contributed by atoms with Crippen molar-refractivity contribution in [3.05, 3.63) is 29.6 Å². The van der Waals surface area contributed by atoms with E-state index in [-0.39, 0.29) is 23.5 Å². The Labute approximate surface area is 102 Å². The van der Waals surface area contributed by atoms with Crippen molar-refractivity contribution in [1.29, 1.82) is 0 Å². The van der Waals surface area contributed by atoms with Crippen LogP contribution in [0.2, 0.25) is 0 Å².